The van der Waals surface area contributed by atoms with E-state index in [0.29, 0.717) is 6.54 Å². The number of nitrogens with one attached hydrogen (secondary N) is 1. The number of carbonyl (C=O) groups excluding carboxylic acids is 1. The molecule has 1 aromatic rings. The first-order valence-electron chi connectivity index (χ1n) is 5.26. The number of likely N-dealkylation sites (N-methyl/N-ethyl adjacent to an activating group) is 1. The second kappa shape index (κ2) is 5.81. The van der Waals surface area contributed by atoms with Crippen LogP contribution in [-0.2, 0) is 0 Å². The molecule has 0 aliphatic carbocycles. The summed E-state index contributed by atoms with van der Waals surface area (Å²) in [5, 5.41) is 11.4. The molecule has 18 heavy (non-hydrogen) atoms. The van der Waals surface area contributed by atoms with Crippen LogP contribution in [0.2, 0.25) is 0 Å². The summed E-state index contributed by atoms with van der Waals surface area (Å²) in [5.74, 6) is -1.19. The van der Waals surface area contributed by atoms with Gasteiger partial charge in [-0.05, 0) is 19.1 Å². The lowest BCUT2D eigenvalue weighted by Crippen LogP contribution is -2.33. The third-order valence-corrected chi connectivity index (χ3v) is 2.11. The van der Waals surface area contributed by atoms with Gasteiger partial charge >= 0.3 is 12.0 Å². The molecule has 0 saturated heterocycles. The first-order chi connectivity index (χ1) is 8.41. The molecule has 1 rings (SSSR count). The molecule has 0 spiro atoms. The van der Waals surface area contributed by atoms with Crippen molar-refractivity contribution in [1.29, 1.82) is 0 Å². The van der Waals surface area contributed by atoms with Crippen LogP contribution in [0, 0.1) is 0 Å². The van der Waals surface area contributed by atoms with E-state index in [1.165, 1.54) is 17.2 Å². The minimum absolute atomic E-state index is 0.170. The van der Waals surface area contributed by atoms with Gasteiger partial charge in [-0.2, -0.15) is 0 Å². The summed E-state index contributed by atoms with van der Waals surface area (Å²) in [7, 11) is 1.60. The van der Waals surface area contributed by atoms with Gasteiger partial charge in [-0.25, -0.2) is 14.6 Å². The molecule has 2 N–H and O–H groups in total. The SMILES string of the molecule is C=C(C)CN(C)C(=O)Nc1cccnc1C(=O)O. The quantitative estimate of drug-likeness (QED) is 0.797. The van der Waals surface area contributed by atoms with Crippen molar-refractivity contribution in [3.05, 3.63) is 36.2 Å². The van der Waals surface area contributed by atoms with E-state index in [4.69, 9.17) is 5.11 Å². The van der Waals surface area contributed by atoms with E-state index >= 15 is 0 Å². The average molecular weight is 249 g/mol. The fourth-order valence-corrected chi connectivity index (χ4v) is 1.36. The molecule has 6 nitrogen and oxygen atoms in total. The average Bonchev–Trinajstić information content (AvgIpc) is 2.28. The van der Waals surface area contributed by atoms with Crippen LogP contribution in [0.15, 0.2) is 30.5 Å². The van der Waals surface area contributed by atoms with Gasteiger partial charge in [0.15, 0.2) is 5.69 Å². The summed E-state index contributed by atoms with van der Waals surface area (Å²) >= 11 is 0. The van der Waals surface area contributed by atoms with E-state index in [1.54, 1.807) is 20.0 Å². The monoisotopic (exact) mass is 249 g/mol. The highest BCUT2D eigenvalue weighted by atomic mass is 16.4. The largest absolute Gasteiger partial charge is 0.476 e. The summed E-state index contributed by atoms with van der Waals surface area (Å²) in [6, 6.07) is 2.64. The summed E-state index contributed by atoms with van der Waals surface area (Å²) in [6.45, 7) is 5.90. The number of aromatic carboxylic acids is 1. The lowest BCUT2D eigenvalue weighted by atomic mass is 10.3. The van der Waals surface area contributed by atoms with Gasteiger partial charge in [0, 0.05) is 19.8 Å². The molecule has 0 saturated carbocycles. The number of rotatable bonds is 4. The number of carbonyl (C=O) groups is 2. The van der Waals surface area contributed by atoms with Crippen molar-refractivity contribution in [3.8, 4) is 0 Å². The lowest BCUT2D eigenvalue weighted by molar-refractivity contribution is 0.0691. The topological polar surface area (TPSA) is 82.5 Å². The number of urea groups is 1. The Bertz CT molecular complexity index is 485. The number of aromatic nitrogens is 1. The maximum absolute atomic E-state index is 11.8. The molecule has 2 amide bonds. The van der Waals surface area contributed by atoms with Crippen molar-refractivity contribution in [3.63, 3.8) is 0 Å². The molecular weight excluding hydrogens is 234 g/mol. The maximum Gasteiger partial charge on any atom is 0.356 e. The van der Waals surface area contributed by atoms with Crippen molar-refractivity contribution >= 4 is 17.7 Å². The van der Waals surface area contributed by atoms with Crippen LogP contribution in [0.5, 0.6) is 0 Å². The highest BCUT2D eigenvalue weighted by molar-refractivity contribution is 5.98. The molecule has 1 aromatic heterocycles. The van der Waals surface area contributed by atoms with Gasteiger partial charge in [-0.15, -0.1) is 0 Å². The minimum atomic E-state index is -1.19. The predicted octanol–water partition coefficient (Wildman–Crippen LogP) is 1.82. The maximum atomic E-state index is 11.8. The van der Waals surface area contributed by atoms with E-state index in [0.717, 1.165) is 5.57 Å². The molecule has 0 atom stereocenters. The first-order valence-corrected chi connectivity index (χ1v) is 5.26. The molecule has 6 heteroatoms. The molecule has 0 radical (unpaired) electrons. The third kappa shape index (κ3) is 3.58. The summed E-state index contributed by atoms with van der Waals surface area (Å²) in [5.41, 5.74) is 0.815. The number of carboxylic acid groups (broad SMARTS) is 1. The van der Waals surface area contributed by atoms with Crippen LogP contribution < -0.4 is 5.32 Å². The number of hydrogen-bond acceptors (Lipinski definition) is 3. The Kier molecular flexibility index (Phi) is 4.42. The van der Waals surface area contributed by atoms with E-state index in [9.17, 15) is 9.59 Å². The smallest absolute Gasteiger partial charge is 0.356 e. The number of hydrogen-bond donors (Lipinski definition) is 2. The molecule has 0 unspecified atom stereocenters. The van der Waals surface area contributed by atoms with Gasteiger partial charge < -0.3 is 15.3 Å². The molecule has 0 aliphatic rings. The number of anilines is 1. The van der Waals surface area contributed by atoms with Gasteiger partial charge in [0.1, 0.15) is 0 Å². The Hall–Kier alpha value is -2.37. The zero-order valence-electron chi connectivity index (χ0n) is 10.3. The molecule has 0 fully saturated rings. The minimum Gasteiger partial charge on any atom is -0.476 e. The van der Waals surface area contributed by atoms with Crippen LogP contribution in [-0.4, -0.2) is 40.6 Å². The van der Waals surface area contributed by atoms with Crippen LogP contribution in [0.3, 0.4) is 0 Å². The zero-order valence-corrected chi connectivity index (χ0v) is 10.3. The second-order valence-electron chi connectivity index (χ2n) is 3.95. The first kappa shape index (κ1) is 13.7. The van der Waals surface area contributed by atoms with Gasteiger partial charge in [-0.3, -0.25) is 0 Å². The number of nitrogens with zero attached hydrogens (tertiary/aromatic N) is 2. The number of amides is 2. The van der Waals surface area contributed by atoms with E-state index in [-0.39, 0.29) is 11.4 Å². The van der Waals surface area contributed by atoms with E-state index < -0.39 is 12.0 Å². The highest BCUT2D eigenvalue weighted by Gasteiger charge is 2.15. The van der Waals surface area contributed by atoms with E-state index in [1.807, 2.05) is 0 Å². The van der Waals surface area contributed by atoms with Crippen LogP contribution in [0.25, 0.3) is 0 Å². The fraction of sp³-hybridized carbons (Fsp3) is 0.250. The van der Waals surface area contributed by atoms with Gasteiger partial charge in [0.05, 0.1) is 5.69 Å². The van der Waals surface area contributed by atoms with Gasteiger partial charge in [0.25, 0.3) is 0 Å². The second-order valence-corrected chi connectivity index (χ2v) is 3.95. The van der Waals surface area contributed by atoms with Crippen molar-refractivity contribution in [2.75, 3.05) is 18.9 Å². The number of carboxylic acids is 1. The predicted molar refractivity (Wildman–Crippen MR) is 67.7 cm³/mol. The lowest BCUT2D eigenvalue weighted by Gasteiger charge is -2.18. The number of pyridine rings is 1. The summed E-state index contributed by atoms with van der Waals surface area (Å²) in [6.07, 6.45) is 1.36. The van der Waals surface area contributed by atoms with Crippen LogP contribution in [0.1, 0.15) is 17.4 Å². The normalized spacial score (nSPS) is 9.67. The highest BCUT2D eigenvalue weighted by Crippen LogP contribution is 2.12. The molecule has 1 heterocycles. The molecule has 96 valence electrons. The van der Waals surface area contributed by atoms with Crippen molar-refractivity contribution in [2.24, 2.45) is 0 Å². The van der Waals surface area contributed by atoms with Crippen LogP contribution >= 0.6 is 0 Å². The van der Waals surface area contributed by atoms with Crippen molar-refractivity contribution in [1.82, 2.24) is 9.88 Å². The third-order valence-electron chi connectivity index (χ3n) is 2.11. The molecular formula is C12H15N3O3. The fourth-order valence-electron chi connectivity index (χ4n) is 1.36. The molecule has 0 bridgehead atoms. The van der Waals surface area contributed by atoms with Crippen molar-refractivity contribution in [2.45, 2.75) is 6.92 Å². The van der Waals surface area contributed by atoms with Crippen LogP contribution in [0.4, 0.5) is 10.5 Å². The molecule has 0 aliphatic heterocycles. The Balaban J connectivity index is 2.82. The summed E-state index contributed by atoms with van der Waals surface area (Å²) < 4.78 is 0. The van der Waals surface area contributed by atoms with Gasteiger partial charge in [-0.1, -0.05) is 12.2 Å². The van der Waals surface area contributed by atoms with Crippen molar-refractivity contribution < 1.29 is 14.7 Å². The Morgan fingerprint density at radius 3 is 2.78 bits per heavy atom. The molecule has 0 aromatic carbocycles. The standard InChI is InChI=1S/C12H15N3O3/c1-8(2)7-15(3)12(18)14-9-5-4-6-13-10(9)11(16)17/h4-6H,1,7H2,2-3H3,(H,14,18)(H,16,17). The Labute approximate surface area is 105 Å². The Morgan fingerprint density at radius 2 is 2.22 bits per heavy atom. The van der Waals surface area contributed by atoms with Gasteiger partial charge in [0.2, 0.25) is 0 Å². The van der Waals surface area contributed by atoms with E-state index in [2.05, 4.69) is 16.9 Å². The zero-order chi connectivity index (χ0) is 13.7. The Morgan fingerprint density at radius 1 is 1.56 bits per heavy atom. The summed E-state index contributed by atoms with van der Waals surface area (Å²) in [4.78, 5) is 27.8.